The van der Waals surface area contributed by atoms with E-state index in [2.05, 4.69) is 14.8 Å². The number of carbonyl (C=O) groups excluding carboxylic acids is 2. The molecule has 5 rings (SSSR count). The van der Waals surface area contributed by atoms with Crippen LogP contribution in [0.25, 0.3) is 0 Å². The van der Waals surface area contributed by atoms with Gasteiger partial charge in [-0.05, 0) is 31.4 Å². The van der Waals surface area contributed by atoms with Gasteiger partial charge in [0.25, 0.3) is 5.91 Å². The van der Waals surface area contributed by atoms with Gasteiger partial charge in [-0.25, -0.2) is 0 Å². The smallest absolute Gasteiger partial charge is 0.255 e. The van der Waals surface area contributed by atoms with Crippen molar-refractivity contribution in [3.05, 3.63) is 30.1 Å². The molecule has 8 heteroatoms. The molecule has 30 heavy (non-hydrogen) atoms. The van der Waals surface area contributed by atoms with Crippen LogP contribution in [0.5, 0.6) is 0 Å². The zero-order valence-electron chi connectivity index (χ0n) is 17.6. The summed E-state index contributed by atoms with van der Waals surface area (Å²) in [6, 6.07) is 4.35. The second kappa shape index (κ2) is 7.59. The molecule has 0 saturated carbocycles. The van der Waals surface area contributed by atoms with Crippen LogP contribution in [0.15, 0.2) is 24.5 Å². The van der Waals surface area contributed by atoms with Gasteiger partial charge in [0.2, 0.25) is 5.91 Å². The van der Waals surface area contributed by atoms with Crippen LogP contribution in [0.1, 0.15) is 36.5 Å². The van der Waals surface area contributed by atoms with Gasteiger partial charge in [0.05, 0.1) is 17.2 Å². The van der Waals surface area contributed by atoms with Crippen molar-refractivity contribution in [2.45, 2.75) is 49.9 Å². The SMILES string of the molecule is CC(=O)N1CCC(N2CC3(CN(C(=O)c4cccnc4)CC4CC(O)CN43)C2)CC1. The molecule has 0 radical (unpaired) electrons. The summed E-state index contributed by atoms with van der Waals surface area (Å²) in [5, 5.41) is 10.3. The van der Waals surface area contributed by atoms with E-state index < -0.39 is 0 Å². The number of hydrogen-bond donors (Lipinski definition) is 1. The lowest BCUT2D eigenvalue weighted by molar-refractivity contribution is -0.136. The van der Waals surface area contributed by atoms with Gasteiger partial charge in [0.15, 0.2) is 0 Å². The summed E-state index contributed by atoms with van der Waals surface area (Å²) in [5.41, 5.74) is 0.558. The number of aliphatic hydroxyl groups excluding tert-OH is 1. The molecule has 162 valence electrons. The molecule has 1 N–H and O–H groups in total. The topological polar surface area (TPSA) is 80.2 Å². The number of amides is 2. The van der Waals surface area contributed by atoms with Gasteiger partial charge in [-0.1, -0.05) is 0 Å². The summed E-state index contributed by atoms with van der Waals surface area (Å²) in [4.78, 5) is 37.8. The van der Waals surface area contributed by atoms with E-state index in [4.69, 9.17) is 0 Å². The fourth-order valence-corrected chi connectivity index (χ4v) is 6.03. The van der Waals surface area contributed by atoms with Gasteiger partial charge in [0, 0.05) is 77.2 Å². The van der Waals surface area contributed by atoms with Crippen molar-refractivity contribution < 1.29 is 14.7 Å². The average Bonchev–Trinajstić information content (AvgIpc) is 3.12. The van der Waals surface area contributed by atoms with E-state index in [0.29, 0.717) is 31.2 Å². The number of nitrogens with zero attached hydrogens (tertiary/aromatic N) is 5. The van der Waals surface area contributed by atoms with Crippen LogP contribution >= 0.6 is 0 Å². The second-order valence-electron chi connectivity index (χ2n) is 9.49. The van der Waals surface area contributed by atoms with Crippen LogP contribution in [-0.2, 0) is 4.79 Å². The number of aromatic nitrogens is 1. The van der Waals surface area contributed by atoms with Crippen LogP contribution in [0.2, 0.25) is 0 Å². The first kappa shape index (κ1) is 19.9. The Labute approximate surface area is 177 Å². The third-order valence-corrected chi connectivity index (χ3v) is 7.53. The molecule has 0 aromatic carbocycles. The van der Waals surface area contributed by atoms with Crippen molar-refractivity contribution in [1.82, 2.24) is 24.6 Å². The minimum absolute atomic E-state index is 0.0386. The molecule has 2 atom stereocenters. The third kappa shape index (κ3) is 3.40. The van der Waals surface area contributed by atoms with E-state index >= 15 is 0 Å². The molecule has 0 bridgehead atoms. The summed E-state index contributed by atoms with van der Waals surface area (Å²) in [5.74, 6) is 0.205. The lowest BCUT2D eigenvalue weighted by Crippen LogP contribution is -2.79. The van der Waals surface area contributed by atoms with Crippen molar-refractivity contribution in [2.75, 3.05) is 45.8 Å². The van der Waals surface area contributed by atoms with Gasteiger partial charge in [0.1, 0.15) is 0 Å². The van der Waals surface area contributed by atoms with E-state index in [0.717, 1.165) is 45.4 Å². The zero-order valence-corrected chi connectivity index (χ0v) is 17.6. The molecule has 4 saturated heterocycles. The molecule has 1 aromatic rings. The first-order valence-electron chi connectivity index (χ1n) is 11.1. The molecule has 1 aromatic heterocycles. The lowest BCUT2D eigenvalue weighted by atomic mass is 9.81. The molecule has 5 heterocycles. The highest BCUT2D eigenvalue weighted by Crippen LogP contribution is 2.41. The third-order valence-electron chi connectivity index (χ3n) is 7.53. The Hall–Kier alpha value is -2.03. The summed E-state index contributed by atoms with van der Waals surface area (Å²) in [6.45, 7) is 7.25. The van der Waals surface area contributed by atoms with E-state index in [1.165, 1.54) is 0 Å². The maximum absolute atomic E-state index is 13.1. The molecule has 4 aliphatic heterocycles. The number of β-amino-alcohol motifs (C(OH)–C–C–N with tert-alkyl or cyclic N) is 1. The van der Waals surface area contributed by atoms with Crippen molar-refractivity contribution in [1.29, 1.82) is 0 Å². The molecule has 4 fully saturated rings. The number of pyridine rings is 1. The quantitative estimate of drug-likeness (QED) is 0.737. The maximum atomic E-state index is 13.1. The molecule has 2 amide bonds. The Kier molecular flexibility index (Phi) is 5.03. The molecule has 2 unspecified atom stereocenters. The molecular weight excluding hydrogens is 382 g/mol. The number of carbonyl (C=O) groups is 2. The van der Waals surface area contributed by atoms with Crippen molar-refractivity contribution in [2.24, 2.45) is 0 Å². The fraction of sp³-hybridized carbons (Fsp3) is 0.682. The standard InChI is InChI=1S/C22H31N5O3/c1-16(28)24-7-4-18(5-8-24)26-14-22(15-26)13-25(11-19-9-20(29)12-27(19)22)21(30)17-3-2-6-23-10-17/h2-3,6,10,18-20,29H,4-5,7-9,11-15H2,1H3. The molecule has 1 spiro atoms. The van der Waals surface area contributed by atoms with Gasteiger partial charge < -0.3 is 14.9 Å². The Morgan fingerprint density at radius 2 is 1.87 bits per heavy atom. The maximum Gasteiger partial charge on any atom is 0.255 e. The Morgan fingerprint density at radius 3 is 2.53 bits per heavy atom. The van der Waals surface area contributed by atoms with Crippen molar-refractivity contribution in [3.8, 4) is 0 Å². The summed E-state index contributed by atoms with van der Waals surface area (Å²) >= 11 is 0. The van der Waals surface area contributed by atoms with E-state index in [-0.39, 0.29) is 29.5 Å². The highest BCUT2D eigenvalue weighted by atomic mass is 16.3. The van der Waals surface area contributed by atoms with Crippen LogP contribution in [0.4, 0.5) is 0 Å². The fourth-order valence-electron chi connectivity index (χ4n) is 6.03. The second-order valence-corrected chi connectivity index (χ2v) is 9.49. The van der Waals surface area contributed by atoms with E-state index in [9.17, 15) is 14.7 Å². The van der Waals surface area contributed by atoms with Crippen molar-refractivity contribution >= 4 is 11.8 Å². The predicted molar refractivity (Wildman–Crippen MR) is 111 cm³/mol. The van der Waals surface area contributed by atoms with Crippen molar-refractivity contribution in [3.63, 3.8) is 0 Å². The zero-order chi connectivity index (χ0) is 20.9. The Morgan fingerprint density at radius 1 is 1.10 bits per heavy atom. The Balaban J connectivity index is 1.29. The van der Waals surface area contributed by atoms with Crippen LogP contribution < -0.4 is 0 Å². The number of aliphatic hydroxyl groups is 1. The Bertz CT molecular complexity index is 804. The summed E-state index contributed by atoms with van der Waals surface area (Å²) < 4.78 is 0. The number of piperidine rings is 1. The van der Waals surface area contributed by atoms with Crippen LogP contribution in [0.3, 0.4) is 0 Å². The number of piperazine rings is 1. The normalized spacial score (nSPS) is 29.7. The van der Waals surface area contributed by atoms with Gasteiger partial charge in [-0.2, -0.15) is 0 Å². The summed E-state index contributed by atoms with van der Waals surface area (Å²) in [7, 11) is 0. The van der Waals surface area contributed by atoms with Crippen LogP contribution in [0, 0.1) is 0 Å². The monoisotopic (exact) mass is 413 g/mol. The minimum Gasteiger partial charge on any atom is -0.392 e. The van der Waals surface area contributed by atoms with Gasteiger partial charge in [-0.15, -0.1) is 0 Å². The first-order valence-corrected chi connectivity index (χ1v) is 11.1. The van der Waals surface area contributed by atoms with Crippen LogP contribution in [-0.4, -0.2) is 111 Å². The largest absolute Gasteiger partial charge is 0.392 e. The molecule has 0 aliphatic carbocycles. The predicted octanol–water partition coefficient (Wildman–Crippen LogP) is 0.0379. The first-order chi connectivity index (χ1) is 14.4. The average molecular weight is 414 g/mol. The minimum atomic E-state index is -0.312. The summed E-state index contributed by atoms with van der Waals surface area (Å²) in [6.07, 6.45) is 5.77. The number of hydrogen-bond acceptors (Lipinski definition) is 6. The lowest BCUT2D eigenvalue weighted by Gasteiger charge is -2.63. The highest BCUT2D eigenvalue weighted by Gasteiger charge is 2.57. The number of rotatable bonds is 2. The molecular formula is C22H31N5O3. The van der Waals surface area contributed by atoms with Gasteiger partial charge in [-0.3, -0.25) is 24.4 Å². The number of fused-ring (bicyclic) bond motifs is 2. The van der Waals surface area contributed by atoms with E-state index in [1.807, 2.05) is 15.9 Å². The number of likely N-dealkylation sites (tertiary alicyclic amines) is 2. The molecule has 8 nitrogen and oxygen atoms in total. The van der Waals surface area contributed by atoms with Gasteiger partial charge >= 0.3 is 0 Å². The highest BCUT2D eigenvalue weighted by molar-refractivity contribution is 5.94. The molecule has 4 aliphatic rings. The van der Waals surface area contributed by atoms with E-state index in [1.54, 1.807) is 25.4 Å².